The van der Waals surface area contributed by atoms with Gasteiger partial charge in [0.2, 0.25) is 5.91 Å². The number of carbonyl (C=O) groups is 2. The number of carboxylic acid groups (broad SMARTS) is 1. The fraction of sp³-hybridized carbons (Fsp3) is 0.867. The lowest BCUT2D eigenvalue weighted by Crippen LogP contribution is -2.40. The summed E-state index contributed by atoms with van der Waals surface area (Å²) in [6.45, 7) is 9.59. The molecule has 0 bridgehead atoms. The molecule has 0 saturated heterocycles. The number of hydrogen-bond donors (Lipinski definition) is 1. The van der Waals surface area contributed by atoms with E-state index in [2.05, 4.69) is 6.92 Å². The summed E-state index contributed by atoms with van der Waals surface area (Å²) in [6, 6.07) is 0. The first-order chi connectivity index (χ1) is 9.40. The van der Waals surface area contributed by atoms with Crippen LogP contribution in [0, 0.1) is 11.8 Å². The van der Waals surface area contributed by atoms with Crippen molar-refractivity contribution in [2.45, 2.75) is 47.0 Å². The van der Waals surface area contributed by atoms with Gasteiger partial charge in [0.15, 0.2) is 0 Å². The lowest BCUT2D eigenvalue weighted by Gasteiger charge is -2.26. The number of aliphatic carboxylic acids is 1. The molecule has 0 aliphatic rings. The summed E-state index contributed by atoms with van der Waals surface area (Å²) in [5, 5.41) is 8.96. The van der Waals surface area contributed by atoms with E-state index < -0.39 is 11.9 Å². The van der Waals surface area contributed by atoms with Crippen LogP contribution < -0.4 is 0 Å². The van der Waals surface area contributed by atoms with Crippen LogP contribution in [0.5, 0.6) is 0 Å². The van der Waals surface area contributed by atoms with Crippen molar-refractivity contribution in [3.05, 3.63) is 0 Å². The molecule has 1 amide bonds. The van der Waals surface area contributed by atoms with Crippen LogP contribution in [-0.4, -0.2) is 48.2 Å². The molecular weight excluding hydrogens is 258 g/mol. The smallest absolute Gasteiger partial charge is 0.308 e. The van der Waals surface area contributed by atoms with Crippen molar-refractivity contribution in [2.24, 2.45) is 11.8 Å². The summed E-state index contributed by atoms with van der Waals surface area (Å²) in [7, 11) is 0. The highest BCUT2D eigenvalue weighted by molar-refractivity contribution is 5.79. The quantitative estimate of drug-likeness (QED) is 0.593. The van der Waals surface area contributed by atoms with Gasteiger partial charge in [0, 0.05) is 32.2 Å². The number of ether oxygens (including phenoxy) is 1. The van der Waals surface area contributed by atoms with E-state index in [0.29, 0.717) is 13.2 Å². The number of rotatable bonds is 11. The Labute approximate surface area is 122 Å². The first kappa shape index (κ1) is 18.9. The van der Waals surface area contributed by atoms with Crippen molar-refractivity contribution in [1.82, 2.24) is 4.90 Å². The Morgan fingerprint density at radius 3 is 2.25 bits per heavy atom. The van der Waals surface area contributed by atoms with Gasteiger partial charge in [0.25, 0.3) is 0 Å². The Hall–Kier alpha value is -1.10. The maximum Gasteiger partial charge on any atom is 0.308 e. The summed E-state index contributed by atoms with van der Waals surface area (Å²) in [6.07, 6.45) is 2.90. The molecule has 0 spiro atoms. The Kier molecular flexibility index (Phi) is 10.1. The van der Waals surface area contributed by atoms with Crippen molar-refractivity contribution in [2.75, 3.05) is 26.3 Å². The molecule has 0 saturated carbocycles. The van der Waals surface area contributed by atoms with E-state index in [4.69, 9.17) is 9.84 Å². The number of carboxylic acids is 1. The molecule has 1 unspecified atom stereocenters. The van der Waals surface area contributed by atoms with E-state index >= 15 is 0 Å². The van der Waals surface area contributed by atoms with Crippen LogP contribution in [0.4, 0.5) is 0 Å². The normalized spacial score (nSPS) is 12.4. The van der Waals surface area contributed by atoms with Gasteiger partial charge in [-0.2, -0.15) is 0 Å². The molecule has 0 aliphatic heterocycles. The number of carbonyl (C=O) groups excluding carboxylic acids is 1. The Bertz CT molecular complexity index is 292. The highest BCUT2D eigenvalue weighted by atomic mass is 16.5. The molecule has 0 rings (SSSR count). The van der Waals surface area contributed by atoms with Crippen LogP contribution in [0.2, 0.25) is 0 Å². The van der Waals surface area contributed by atoms with E-state index in [0.717, 1.165) is 25.9 Å². The summed E-state index contributed by atoms with van der Waals surface area (Å²) in [5.74, 6) is -1.52. The second-order valence-electron chi connectivity index (χ2n) is 5.50. The van der Waals surface area contributed by atoms with E-state index in [1.165, 1.54) is 0 Å². The lowest BCUT2D eigenvalue weighted by molar-refractivity contribution is -0.143. The summed E-state index contributed by atoms with van der Waals surface area (Å²) in [4.78, 5) is 24.6. The zero-order chi connectivity index (χ0) is 15.5. The molecule has 1 atom stereocenters. The minimum absolute atomic E-state index is 0.00616. The Balaban J connectivity index is 4.19. The second-order valence-corrected chi connectivity index (χ2v) is 5.50. The Morgan fingerprint density at radius 1 is 1.15 bits per heavy atom. The number of amides is 1. The van der Waals surface area contributed by atoms with Crippen molar-refractivity contribution < 1.29 is 19.4 Å². The van der Waals surface area contributed by atoms with Crippen molar-refractivity contribution in [3.63, 3.8) is 0 Å². The monoisotopic (exact) mass is 287 g/mol. The standard InChI is InChI=1S/C15H29NO4/c1-5-6-9-20-10-7-8-16(14(17)12(2)3)11-13(4)15(18)19/h12-13H,5-11H2,1-4H3,(H,18,19). The molecule has 0 heterocycles. The van der Waals surface area contributed by atoms with Crippen LogP contribution in [0.15, 0.2) is 0 Å². The molecule has 0 aromatic rings. The molecule has 1 N–H and O–H groups in total. The van der Waals surface area contributed by atoms with Gasteiger partial charge in [0.1, 0.15) is 0 Å². The fourth-order valence-corrected chi connectivity index (χ4v) is 1.77. The average molecular weight is 287 g/mol. The summed E-state index contributed by atoms with van der Waals surface area (Å²) < 4.78 is 5.46. The van der Waals surface area contributed by atoms with Crippen LogP contribution in [0.25, 0.3) is 0 Å². The van der Waals surface area contributed by atoms with Gasteiger partial charge >= 0.3 is 5.97 Å². The van der Waals surface area contributed by atoms with Gasteiger partial charge in [-0.1, -0.05) is 34.1 Å². The van der Waals surface area contributed by atoms with E-state index in [1.807, 2.05) is 13.8 Å². The lowest BCUT2D eigenvalue weighted by atomic mass is 10.1. The van der Waals surface area contributed by atoms with Crippen LogP contribution in [0.1, 0.15) is 47.0 Å². The second kappa shape index (κ2) is 10.7. The maximum absolute atomic E-state index is 12.1. The molecule has 0 aromatic heterocycles. The maximum atomic E-state index is 12.1. The van der Waals surface area contributed by atoms with Crippen molar-refractivity contribution >= 4 is 11.9 Å². The third-order valence-corrected chi connectivity index (χ3v) is 3.08. The van der Waals surface area contributed by atoms with Gasteiger partial charge in [-0.25, -0.2) is 0 Å². The minimum Gasteiger partial charge on any atom is -0.481 e. The minimum atomic E-state index is -0.870. The van der Waals surface area contributed by atoms with Crippen LogP contribution in [0.3, 0.4) is 0 Å². The van der Waals surface area contributed by atoms with Crippen LogP contribution in [-0.2, 0) is 14.3 Å². The average Bonchev–Trinajstić information content (AvgIpc) is 2.39. The molecular formula is C15H29NO4. The number of hydrogen-bond acceptors (Lipinski definition) is 3. The predicted molar refractivity (Wildman–Crippen MR) is 78.6 cm³/mol. The van der Waals surface area contributed by atoms with Gasteiger partial charge < -0.3 is 14.7 Å². The highest BCUT2D eigenvalue weighted by Gasteiger charge is 2.21. The summed E-state index contributed by atoms with van der Waals surface area (Å²) in [5.41, 5.74) is 0. The number of unbranched alkanes of at least 4 members (excludes halogenated alkanes) is 1. The zero-order valence-corrected chi connectivity index (χ0v) is 13.2. The predicted octanol–water partition coefficient (Wildman–Crippen LogP) is 2.40. The van der Waals surface area contributed by atoms with E-state index in [-0.39, 0.29) is 18.4 Å². The Morgan fingerprint density at radius 2 is 1.75 bits per heavy atom. The van der Waals surface area contributed by atoms with Crippen molar-refractivity contribution in [3.8, 4) is 0 Å². The van der Waals surface area contributed by atoms with Crippen molar-refractivity contribution in [1.29, 1.82) is 0 Å². The number of nitrogens with zero attached hydrogens (tertiary/aromatic N) is 1. The molecule has 0 aromatic carbocycles. The van der Waals surface area contributed by atoms with Gasteiger partial charge in [0.05, 0.1) is 5.92 Å². The molecule has 5 heteroatoms. The third kappa shape index (κ3) is 8.15. The topological polar surface area (TPSA) is 66.8 Å². The van der Waals surface area contributed by atoms with Gasteiger partial charge in [-0.3, -0.25) is 9.59 Å². The molecule has 0 fully saturated rings. The SMILES string of the molecule is CCCCOCCCN(CC(C)C(=O)O)C(=O)C(C)C. The molecule has 0 radical (unpaired) electrons. The van der Waals surface area contributed by atoms with Gasteiger partial charge in [-0.05, 0) is 12.8 Å². The largest absolute Gasteiger partial charge is 0.481 e. The van der Waals surface area contributed by atoms with Crippen LogP contribution >= 0.6 is 0 Å². The molecule has 20 heavy (non-hydrogen) atoms. The third-order valence-electron chi connectivity index (χ3n) is 3.08. The highest BCUT2D eigenvalue weighted by Crippen LogP contribution is 2.07. The molecule has 5 nitrogen and oxygen atoms in total. The van der Waals surface area contributed by atoms with Gasteiger partial charge in [-0.15, -0.1) is 0 Å². The molecule has 0 aliphatic carbocycles. The van der Waals surface area contributed by atoms with E-state index in [9.17, 15) is 9.59 Å². The first-order valence-electron chi connectivity index (χ1n) is 7.49. The van der Waals surface area contributed by atoms with E-state index in [1.54, 1.807) is 11.8 Å². The zero-order valence-electron chi connectivity index (χ0n) is 13.2. The molecule has 118 valence electrons. The fourth-order valence-electron chi connectivity index (χ4n) is 1.77. The summed E-state index contributed by atoms with van der Waals surface area (Å²) >= 11 is 0. The first-order valence-corrected chi connectivity index (χ1v) is 7.49.